The van der Waals surface area contributed by atoms with Crippen molar-refractivity contribution < 1.29 is 4.79 Å². The summed E-state index contributed by atoms with van der Waals surface area (Å²) in [5, 5.41) is -0.143. The van der Waals surface area contributed by atoms with Crippen LogP contribution in [-0.4, -0.2) is 27.5 Å². The van der Waals surface area contributed by atoms with E-state index in [1.807, 2.05) is 62.5 Å². The Bertz CT molecular complexity index is 746. The molecular weight excluding hydrogens is 336 g/mol. The summed E-state index contributed by atoms with van der Waals surface area (Å²) in [7, 11) is 1.86. The lowest BCUT2D eigenvalue weighted by Crippen LogP contribution is -2.33. The summed E-state index contributed by atoms with van der Waals surface area (Å²) in [6.45, 7) is 2.59. The van der Waals surface area contributed by atoms with E-state index in [2.05, 4.69) is 11.1 Å². The molecule has 24 heavy (non-hydrogen) atoms. The van der Waals surface area contributed by atoms with Gasteiger partial charge in [-0.1, -0.05) is 72.1 Å². The summed E-state index contributed by atoms with van der Waals surface area (Å²) in [4.78, 5) is 19.1. The van der Waals surface area contributed by atoms with Crippen LogP contribution in [0.25, 0.3) is 0 Å². The fourth-order valence-electron chi connectivity index (χ4n) is 2.52. The lowest BCUT2D eigenvalue weighted by atomic mass is 10.2. The molecule has 0 bridgehead atoms. The van der Waals surface area contributed by atoms with Crippen LogP contribution in [0.1, 0.15) is 18.1 Å². The number of carbonyl (C=O) groups excluding carboxylic acids is 1. The van der Waals surface area contributed by atoms with Gasteiger partial charge in [0, 0.05) is 19.3 Å². The van der Waals surface area contributed by atoms with Crippen molar-refractivity contribution >= 4 is 39.5 Å². The molecule has 2 aromatic carbocycles. The SMILES string of the molecule is C[C@@H](SC1=Nc2ccccc2CS1)C(=O)N(C)Cc1ccccc1. The summed E-state index contributed by atoms with van der Waals surface area (Å²) >= 11 is 3.26. The Morgan fingerprint density at radius 2 is 1.92 bits per heavy atom. The van der Waals surface area contributed by atoms with Gasteiger partial charge in [-0.2, -0.15) is 0 Å². The highest BCUT2D eigenvalue weighted by Gasteiger charge is 2.22. The predicted molar refractivity (Wildman–Crippen MR) is 105 cm³/mol. The Kier molecular flexibility index (Phi) is 5.63. The second-order valence-electron chi connectivity index (χ2n) is 5.74. The number of para-hydroxylation sites is 1. The quantitative estimate of drug-likeness (QED) is 0.796. The zero-order valence-electron chi connectivity index (χ0n) is 13.8. The Labute approximate surface area is 151 Å². The number of amides is 1. The smallest absolute Gasteiger partial charge is 0.235 e. The summed E-state index contributed by atoms with van der Waals surface area (Å²) in [6, 6.07) is 18.2. The molecule has 3 rings (SSSR count). The molecule has 0 aromatic heterocycles. The first-order valence-corrected chi connectivity index (χ1v) is 9.75. The van der Waals surface area contributed by atoms with Crippen LogP contribution in [0.2, 0.25) is 0 Å². The molecule has 2 aromatic rings. The van der Waals surface area contributed by atoms with Crippen LogP contribution >= 0.6 is 23.5 Å². The average molecular weight is 357 g/mol. The summed E-state index contributed by atoms with van der Waals surface area (Å²) in [6.07, 6.45) is 0. The van der Waals surface area contributed by atoms with Crippen molar-refractivity contribution in [1.29, 1.82) is 0 Å². The molecule has 1 atom stereocenters. The third-order valence-electron chi connectivity index (χ3n) is 3.82. The second kappa shape index (κ2) is 7.90. The number of hydrogen-bond acceptors (Lipinski definition) is 4. The molecule has 5 heteroatoms. The van der Waals surface area contributed by atoms with Crippen LogP contribution in [0.4, 0.5) is 5.69 Å². The van der Waals surface area contributed by atoms with Crippen molar-refractivity contribution in [3.05, 3.63) is 65.7 Å². The van der Waals surface area contributed by atoms with Crippen molar-refractivity contribution in [3.63, 3.8) is 0 Å². The van der Waals surface area contributed by atoms with E-state index in [0.717, 1.165) is 21.4 Å². The summed E-state index contributed by atoms with van der Waals surface area (Å²) < 4.78 is 0.975. The van der Waals surface area contributed by atoms with E-state index in [0.29, 0.717) is 6.54 Å². The van der Waals surface area contributed by atoms with Gasteiger partial charge in [0.25, 0.3) is 0 Å². The normalized spacial score (nSPS) is 14.5. The molecule has 124 valence electrons. The Morgan fingerprint density at radius 1 is 1.21 bits per heavy atom. The standard InChI is InChI=1S/C19H20N2OS2/c1-14(18(22)21(2)12-15-8-4-3-5-9-15)24-19-20-17-11-7-6-10-16(17)13-23-19/h3-11,14H,12-13H2,1-2H3/t14-/m1/s1. The Morgan fingerprint density at radius 3 is 2.71 bits per heavy atom. The van der Waals surface area contributed by atoms with Crippen molar-refractivity contribution in [2.24, 2.45) is 4.99 Å². The number of carbonyl (C=O) groups is 1. The van der Waals surface area contributed by atoms with Crippen molar-refractivity contribution in [2.75, 3.05) is 7.05 Å². The van der Waals surface area contributed by atoms with E-state index in [-0.39, 0.29) is 11.2 Å². The van der Waals surface area contributed by atoms with E-state index in [4.69, 9.17) is 0 Å². The maximum atomic E-state index is 12.6. The van der Waals surface area contributed by atoms with Gasteiger partial charge >= 0.3 is 0 Å². The minimum Gasteiger partial charge on any atom is -0.340 e. The van der Waals surface area contributed by atoms with E-state index in [1.165, 1.54) is 5.56 Å². The Hall–Kier alpha value is -1.72. The van der Waals surface area contributed by atoms with Gasteiger partial charge in [-0.15, -0.1) is 0 Å². The lowest BCUT2D eigenvalue weighted by molar-refractivity contribution is -0.129. The molecule has 0 radical (unpaired) electrons. The molecule has 0 saturated heterocycles. The number of nitrogens with zero attached hydrogens (tertiary/aromatic N) is 2. The number of benzene rings is 2. The van der Waals surface area contributed by atoms with Crippen molar-refractivity contribution in [3.8, 4) is 0 Å². The number of hydrogen-bond donors (Lipinski definition) is 0. The molecule has 0 aliphatic carbocycles. The van der Waals surface area contributed by atoms with Crippen molar-refractivity contribution in [2.45, 2.75) is 24.5 Å². The van der Waals surface area contributed by atoms with E-state index < -0.39 is 0 Å². The van der Waals surface area contributed by atoms with Crippen LogP contribution in [0.3, 0.4) is 0 Å². The molecule has 1 aliphatic rings. The van der Waals surface area contributed by atoms with Gasteiger partial charge in [0.05, 0.1) is 10.9 Å². The zero-order chi connectivity index (χ0) is 16.9. The number of aliphatic imine (C=N–C) groups is 1. The van der Waals surface area contributed by atoms with Gasteiger partial charge in [0.15, 0.2) is 0 Å². The monoisotopic (exact) mass is 356 g/mol. The molecular formula is C19H20N2OS2. The maximum absolute atomic E-state index is 12.6. The Balaban J connectivity index is 1.61. The van der Waals surface area contributed by atoms with Gasteiger partial charge in [0.2, 0.25) is 5.91 Å². The molecule has 1 heterocycles. The summed E-state index contributed by atoms with van der Waals surface area (Å²) in [5.41, 5.74) is 3.42. The predicted octanol–water partition coefficient (Wildman–Crippen LogP) is 4.70. The van der Waals surface area contributed by atoms with Crippen molar-refractivity contribution in [1.82, 2.24) is 4.90 Å². The number of rotatable bonds is 4. The summed E-state index contributed by atoms with van der Waals surface area (Å²) in [5.74, 6) is 1.05. The van der Waals surface area contributed by atoms with Gasteiger partial charge in [0.1, 0.15) is 4.38 Å². The van der Waals surface area contributed by atoms with E-state index in [1.54, 1.807) is 28.4 Å². The third-order valence-corrected chi connectivity index (χ3v) is 6.10. The van der Waals surface area contributed by atoms with Crippen LogP contribution in [0.5, 0.6) is 0 Å². The van der Waals surface area contributed by atoms with E-state index >= 15 is 0 Å². The maximum Gasteiger partial charge on any atom is 0.235 e. The highest BCUT2D eigenvalue weighted by Crippen LogP contribution is 2.36. The first kappa shape index (κ1) is 17.1. The van der Waals surface area contributed by atoms with Gasteiger partial charge in [-0.25, -0.2) is 4.99 Å². The molecule has 1 aliphatic heterocycles. The highest BCUT2D eigenvalue weighted by molar-refractivity contribution is 8.39. The first-order chi connectivity index (χ1) is 11.6. The molecule has 0 spiro atoms. The zero-order valence-corrected chi connectivity index (χ0v) is 15.4. The van der Waals surface area contributed by atoms with Crippen LogP contribution in [0, 0.1) is 0 Å². The molecule has 0 saturated carbocycles. The number of thioether (sulfide) groups is 2. The first-order valence-electron chi connectivity index (χ1n) is 7.88. The molecule has 1 amide bonds. The molecule has 3 nitrogen and oxygen atoms in total. The molecule has 0 fully saturated rings. The fraction of sp³-hybridized carbons (Fsp3) is 0.263. The van der Waals surface area contributed by atoms with Crippen LogP contribution in [0.15, 0.2) is 59.6 Å². The van der Waals surface area contributed by atoms with Crippen LogP contribution in [-0.2, 0) is 17.1 Å². The minimum absolute atomic E-state index is 0.131. The molecule has 0 N–H and O–H groups in total. The van der Waals surface area contributed by atoms with E-state index in [9.17, 15) is 4.79 Å². The second-order valence-corrected chi connectivity index (χ2v) is 8.29. The highest BCUT2D eigenvalue weighted by atomic mass is 32.2. The third kappa shape index (κ3) is 4.22. The largest absolute Gasteiger partial charge is 0.340 e. The molecule has 0 unspecified atom stereocenters. The topological polar surface area (TPSA) is 32.7 Å². The number of fused-ring (bicyclic) bond motifs is 1. The van der Waals surface area contributed by atoms with Gasteiger partial charge in [-0.05, 0) is 24.1 Å². The lowest BCUT2D eigenvalue weighted by Gasteiger charge is -2.22. The van der Waals surface area contributed by atoms with Gasteiger partial charge < -0.3 is 4.90 Å². The average Bonchev–Trinajstić information content (AvgIpc) is 2.61. The van der Waals surface area contributed by atoms with Gasteiger partial charge in [-0.3, -0.25) is 4.79 Å². The minimum atomic E-state index is -0.143. The van der Waals surface area contributed by atoms with Crippen LogP contribution < -0.4 is 0 Å². The fourth-order valence-corrected chi connectivity index (χ4v) is 4.82.